The monoisotopic (exact) mass is 450 g/mol. The molecule has 0 bridgehead atoms. The summed E-state index contributed by atoms with van der Waals surface area (Å²) in [5, 5.41) is 2.91. The smallest absolute Gasteiger partial charge is 0.257 e. The van der Waals surface area contributed by atoms with Crippen LogP contribution in [0.3, 0.4) is 0 Å². The number of hydrogen-bond donors (Lipinski definition) is 2. The third kappa shape index (κ3) is 4.12. The van der Waals surface area contributed by atoms with Crippen LogP contribution in [0, 0.1) is 0 Å². The van der Waals surface area contributed by atoms with Crippen LogP contribution < -0.4 is 19.5 Å². The number of nitrogens with one attached hydrogen (secondary N) is 2. The van der Waals surface area contributed by atoms with E-state index in [1.165, 1.54) is 18.2 Å². The first-order valence-corrected chi connectivity index (χ1v) is 11.7. The van der Waals surface area contributed by atoms with E-state index in [4.69, 9.17) is 21.1 Å². The summed E-state index contributed by atoms with van der Waals surface area (Å²) in [6.45, 7) is 3.44. The molecule has 1 aliphatic heterocycles. The minimum absolute atomic E-state index is 0.0281. The molecule has 2 aromatic rings. The summed E-state index contributed by atoms with van der Waals surface area (Å²) in [5.41, 5.74) is 0.565. The molecule has 0 radical (unpaired) electrons. The van der Waals surface area contributed by atoms with Crippen molar-refractivity contribution in [2.75, 3.05) is 5.32 Å². The summed E-state index contributed by atoms with van der Waals surface area (Å²) in [4.78, 5) is 12.8. The van der Waals surface area contributed by atoms with Gasteiger partial charge in [-0.25, -0.2) is 13.1 Å². The summed E-state index contributed by atoms with van der Waals surface area (Å²) in [6, 6.07) is 8.92. The molecule has 0 unspecified atom stereocenters. The van der Waals surface area contributed by atoms with E-state index in [9.17, 15) is 13.2 Å². The fourth-order valence-electron chi connectivity index (χ4n) is 3.71. The number of rotatable bonds is 5. The van der Waals surface area contributed by atoms with Gasteiger partial charge in [0, 0.05) is 30.6 Å². The summed E-state index contributed by atoms with van der Waals surface area (Å²) < 4.78 is 39.3. The lowest BCUT2D eigenvalue weighted by molar-refractivity contribution is -0.0716. The predicted molar refractivity (Wildman–Crippen MR) is 114 cm³/mol. The largest absolute Gasteiger partial charge is 0.448 e. The molecule has 9 heteroatoms. The minimum atomic E-state index is -3.75. The van der Waals surface area contributed by atoms with E-state index in [2.05, 4.69) is 10.0 Å². The molecular formula is C21H23ClN2O5S. The number of halogens is 1. The number of fused-ring (bicyclic) bond motifs is 1. The van der Waals surface area contributed by atoms with Crippen LogP contribution in [0.15, 0.2) is 41.3 Å². The topological polar surface area (TPSA) is 93.7 Å². The van der Waals surface area contributed by atoms with Gasteiger partial charge in [0.1, 0.15) is 0 Å². The maximum Gasteiger partial charge on any atom is 0.257 e. The van der Waals surface area contributed by atoms with E-state index in [1.54, 1.807) is 32.0 Å². The number of carbonyl (C=O) groups excluding carboxylic acids is 1. The molecule has 30 heavy (non-hydrogen) atoms. The fourth-order valence-corrected chi connectivity index (χ4v) is 5.19. The second-order valence-corrected chi connectivity index (χ2v) is 9.98. The fraction of sp³-hybridized carbons (Fsp3) is 0.381. The van der Waals surface area contributed by atoms with Crippen LogP contribution in [0.25, 0.3) is 0 Å². The number of carbonyl (C=O) groups is 1. The molecule has 2 aliphatic rings. The zero-order valence-electron chi connectivity index (χ0n) is 16.7. The molecule has 160 valence electrons. The molecule has 2 N–H and O–H groups in total. The molecule has 0 atom stereocenters. The summed E-state index contributed by atoms with van der Waals surface area (Å²) >= 11 is 6.17. The molecule has 1 amide bonds. The summed E-state index contributed by atoms with van der Waals surface area (Å²) in [6.07, 6.45) is 3.79. The van der Waals surface area contributed by atoms with E-state index in [-0.39, 0.29) is 21.5 Å². The zero-order valence-corrected chi connectivity index (χ0v) is 18.3. The van der Waals surface area contributed by atoms with Gasteiger partial charge in [-0.2, -0.15) is 0 Å². The lowest BCUT2D eigenvalue weighted by Gasteiger charge is -2.21. The summed E-state index contributed by atoms with van der Waals surface area (Å²) in [5.74, 6) is 0.135. The van der Waals surface area contributed by atoms with Gasteiger partial charge in [-0.05, 0) is 57.0 Å². The molecule has 1 aliphatic carbocycles. The molecule has 1 heterocycles. The van der Waals surface area contributed by atoms with E-state index in [0.29, 0.717) is 17.2 Å². The van der Waals surface area contributed by atoms with Crippen LogP contribution >= 0.6 is 11.6 Å². The highest BCUT2D eigenvalue weighted by Gasteiger charge is 2.44. The number of hydrogen-bond acceptors (Lipinski definition) is 5. The normalized spacial score (nSPS) is 16.9. The Balaban J connectivity index is 1.55. The lowest BCUT2D eigenvalue weighted by atomic mass is 10.2. The number of anilines is 1. The van der Waals surface area contributed by atoms with Crippen molar-refractivity contribution < 1.29 is 22.7 Å². The standard InChI is InChI=1S/C21H23ClN2O5S/c1-13(2)24-30(26,27)15-6-7-17(22)16(12-15)20(25)23-14-5-8-18-19(11-14)29-21(28-18)9-3-4-10-21/h5-8,11-13,24H,3-4,9-10H2,1-2H3,(H,23,25). The highest BCUT2D eigenvalue weighted by Crippen LogP contribution is 2.47. The van der Waals surface area contributed by atoms with Crippen LogP contribution in [0.1, 0.15) is 49.9 Å². The van der Waals surface area contributed by atoms with Gasteiger partial charge < -0.3 is 14.8 Å². The Morgan fingerprint density at radius 3 is 2.47 bits per heavy atom. The first kappa shape index (κ1) is 21.0. The first-order chi connectivity index (χ1) is 14.2. The third-order valence-electron chi connectivity index (χ3n) is 5.04. The third-order valence-corrected chi connectivity index (χ3v) is 7.03. The Kier molecular flexibility index (Phi) is 5.42. The average Bonchev–Trinajstić information content (AvgIpc) is 3.26. The number of ether oxygens (including phenoxy) is 2. The Hall–Kier alpha value is -2.29. The first-order valence-electron chi connectivity index (χ1n) is 9.83. The van der Waals surface area contributed by atoms with Crippen molar-refractivity contribution in [2.24, 2.45) is 0 Å². The summed E-state index contributed by atoms with van der Waals surface area (Å²) in [7, 11) is -3.75. The van der Waals surface area contributed by atoms with Crippen molar-refractivity contribution in [3.8, 4) is 11.5 Å². The minimum Gasteiger partial charge on any atom is -0.448 e. The second-order valence-electron chi connectivity index (χ2n) is 7.86. The van der Waals surface area contributed by atoms with Crippen LogP contribution in [0.5, 0.6) is 11.5 Å². The second kappa shape index (κ2) is 7.76. The Morgan fingerprint density at radius 1 is 1.07 bits per heavy atom. The van der Waals surface area contributed by atoms with Gasteiger partial charge in [-0.1, -0.05) is 11.6 Å². The molecule has 7 nitrogen and oxygen atoms in total. The zero-order chi connectivity index (χ0) is 21.5. The van der Waals surface area contributed by atoms with E-state index in [1.807, 2.05) is 0 Å². The van der Waals surface area contributed by atoms with Crippen molar-refractivity contribution in [1.82, 2.24) is 4.72 Å². The van der Waals surface area contributed by atoms with Crippen LogP contribution in [0.4, 0.5) is 5.69 Å². The quantitative estimate of drug-likeness (QED) is 0.707. The van der Waals surface area contributed by atoms with Gasteiger partial charge >= 0.3 is 0 Å². The van der Waals surface area contributed by atoms with Crippen LogP contribution in [0.2, 0.25) is 5.02 Å². The molecule has 4 rings (SSSR count). The van der Waals surface area contributed by atoms with Gasteiger partial charge in [0.05, 0.1) is 15.5 Å². The number of sulfonamides is 1. The highest BCUT2D eigenvalue weighted by atomic mass is 35.5. The molecule has 0 aromatic heterocycles. The Morgan fingerprint density at radius 2 is 1.77 bits per heavy atom. The van der Waals surface area contributed by atoms with Gasteiger partial charge in [-0.3, -0.25) is 4.79 Å². The SMILES string of the molecule is CC(C)NS(=O)(=O)c1ccc(Cl)c(C(=O)Nc2ccc3c(c2)OC2(CCCC2)O3)c1. The maximum atomic E-state index is 12.8. The van der Waals surface area contributed by atoms with Crippen molar-refractivity contribution in [2.45, 2.75) is 56.3 Å². The molecule has 1 saturated carbocycles. The Labute approximate surface area is 180 Å². The molecular weight excluding hydrogens is 428 g/mol. The van der Waals surface area contributed by atoms with E-state index < -0.39 is 21.7 Å². The van der Waals surface area contributed by atoms with Crippen molar-refractivity contribution >= 4 is 33.2 Å². The Bertz CT molecular complexity index is 1090. The lowest BCUT2D eigenvalue weighted by Crippen LogP contribution is -2.34. The van der Waals surface area contributed by atoms with Gasteiger partial charge in [-0.15, -0.1) is 0 Å². The van der Waals surface area contributed by atoms with Crippen molar-refractivity contribution in [3.63, 3.8) is 0 Å². The van der Waals surface area contributed by atoms with Gasteiger partial charge in [0.15, 0.2) is 11.5 Å². The molecule has 2 aromatic carbocycles. The van der Waals surface area contributed by atoms with Crippen molar-refractivity contribution in [3.05, 3.63) is 47.0 Å². The van der Waals surface area contributed by atoms with Crippen LogP contribution in [-0.4, -0.2) is 26.2 Å². The highest BCUT2D eigenvalue weighted by molar-refractivity contribution is 7.89. The molecule has 1 spiro atoms. The van der Waals surface area contributed by atoms with E-state index >= 15 is 0 Å². The molecule has 1 fully saturated rings. The van der Waals surface area contributed by atoms with Crippen LogP contribution in [-0.2, 0) is 10.0 Å². The van der Waals surface area contributed by atoms with Gasteiger partial charge in [0.25, 0.3) is 11.7 Å². The molecule has 0 saturated heterocycles. The maximum absolute atomic E-state index is 12.8. The number of amides is 1. The van der Waals surface area contributed by atoms with E-state index in [0.717, 1.165) is 25.7 Å². The average molecular weight is 451 g/mol. The predicted octanol–water partition coefficient (Wildman–Crippen LogP) is 4.32. The van der Waals surface area contributed by atoms with Gasteiger partial charge in [0.2, 0.25) is 10.0 Å². The van der Waals surface area contributed by atoms with Crippen molar-refractivity contribution in [1.29, 1.82) is 0 Å². The number of benzene rings is 2.